The molecule has 2 heterocycles. The first-order chi connectivity index (χ1) is 17.5. The van der Waals surface area contributed by atoms with Gasteiger partial charge in [-0.3, -0.25) is 9.78 Å². The van der Waals surface area contributed by atoms with E-state index in [2.05, 4.69) is 26.7 Å². The van der Waals surface area contributed by atoms with E-state index in [0.29, 0.717) is 34.3 Å². The van der Waals surface area contributed by atoms with Crippen LogP contribution in [0, 0.1) is 16.7 Å². The van der Waals surface area contributed by atoms with E-state index in [1.54, 1.807) is 24.3 Å². The van der Waals surface area contributed by atoms with Gasteiger partial charge in [-0.25, -0.2) is 14.8 Å². The van der Waals surface area contributed by atoms with Crippen LogP contribution in [0.3, 0.4) is 0 Å². The van der Waals surface area contributed by atoms with Crippen LogP contribution in [-0.2, 0) is 17.0 Å². The minimum Gasteiger partial charge on any atom is -0.465 e. The number of pyridine rings is 1. The molecule has 2 aromatic heterocycles. The summed E-state index contributed by atoms with van der Waals surface area (Å²) in [6.45, 7) is 7.36. The molecule has 0 bridgehead atoms. The van der Waals surface area contributed by atoms with Gasteiger partial charge in [-0.15, -0.1) is 0 Å². The molecule has 0 saturated carbocycles. The van der Waals surface area contributed by atoms with Crippen LogP contribution in [0.15, 0.2) is 47.6 Å². The topological polar surface area (TPSA) is 167 Å². The third-order valence-electron chi connectivity index (χ3n) is 5.48. The van der Waals surface area contributed by atoms with Crippen LogP contribution in [-0.4, -0.2) is 38.1 Å². The molecule has 0 aliphatic carbocycles. The van der Waals surface area contributed by atoms with Gasteiger partial charge in [0.05, 0.1) is 11.4 Å². The van der Waals surface area contributed by atoms with Crippen molar-refractivity contribution in [3.05, 3.63) is 59.4 Å². The number of hydrogen-bond acceptors (Lipinski definition) is 8. The van der Waals surface area contributed by atoms with Gasteiger partial charge < -0.3 is 21.5 Å². The van der Waals surface area contributed by atoms with Gasteiger partial charge in [-0.1, -0.05) is 50.7 Å². The lowest BCUT2D eigenvalue weighted by molar-refractivity contribution is -0.114. The van der Waals surface area contributed by atoms with Crippen LogP contribution >= 0.6 is 11.8 Å². The maximum Gasteiger partial charge on any atom is 0.404 e. The van der Waals surface area contributed by atoms with Crippen LogP contribution in [0.1, 0.15) is 44.6 Å². The van der Waals surface area contributed by atoms with E-state index in [1.807, 2.05) is 39.0 Å². The molecule has 10 nitrogen and oxygen atoms in total. The predicted molar refractivity (Wildman–Crippen MR) is 143 cm³/mol. The Labute approximate surface area is 219 Å². The van der Waals surface area contributed by atoms with Crippen LogP contribution in [0.5, 0.6) is 0 Å². The summed E-state index contributed by atoms with van der Waals surface area (Å²) < 4.78 is 0. The summed E-state index contributed by atoms with van der Waals surface area (Å²) in [6.07, 6.45) is -0.615. The van der Waals surface area contributed by atoms with Crippen LogP contribution in [0.4, 0.5) is 16.3 Å². The summed E-state index contributed by atoms with van der Waals surface area (Å²) in [5.41, 5.74) is 9.22. The molecule has 2 amide bonds. The Morgan fingerprint density at radius 2 is 1.78 bits per heavy atom. The smallest absolute Gasteiger partial charge is 0.404 e. The predicted octanol–water partition coefficient (Wildman–Crippen LogP) is 4.47. The number of nitrogen functional groups attached to an aromatic ring is 1. The lowest BCUT2D eigenvalue weighted by Gasteiger charge is -2.30. The van der Waals surface area contributed by atoms with Crippen molar-refractivity contribution in [3.63, 3.8) is 0 Å². The van der Waals surface area contributed by atoms with Crippen molar-refractivity contribution in [1.82, 2.24) is 20.3 Å². The van der Waals surface area contributed by atoms with E-state index < -0.39 is 6.09 Å². The Balaban J connectivity index is 1.80. The Bertz CT molecular complexity index is 1330. The quantitative estimate of drug-likeness (QED) is 0.248. The average molecular weight is 520 g/mol. The van der Waals surface area contributed by atoms with Gasteiger partial charge in [0.15, 0.2) is 5.16 Å². The fourth-order valence-electron chi connectivity index (χ4n) is 3.55. The number of amides is 2. The summed E-state index contributed by atoms with van der Waals surface area (Å²) in [4.78, 5) is 36.1. The number of aromatic nitrogens is 3. The van der Waals surface area contributed by atoms with Crippen LogP contribution in [0.25, 0.3) is 11.3 Å². The molecule has 11 heteroatoms. The molecule has 1 unspecified atom stereocenters. The van der Waals surface area contributed by atoms with E-state index in [4.69, 9.17) is 10.7 Å². The highest BCUT2D eigenvalue weighted by atomic mass is 32.2. The number of nitrogens with two attached hydrogens (primary N) is 1. The van der Waals surface area contributed by atoms with E-state index >= 15 is 0 Å². The fourth-order valence-corrected chi connectivity index (χ4v) is 4.31. The van der Waals surface area contributed by atoms with Gasteiger partial charge in [0.1, 0.15) is 17.5 Å². The fraction of sp³-hybridized carbons (Fsp3) is 0.308. The molecule has 3 rings (SSSR count). The highest BCUT2D eigenvalue weighted by Crippen LogP contribution is 2.30. The molecule has 1 aromatic carbocycles. The SMILES string of the molecule is CC(=O)Nc1ccc(-c2nc(SCc3cccc(CC(NC(=O)O)C(C)(C)C)n3)nc(N)c2C#N)cc1. The molecule has 0 radical (unpaired) electrons. The number of nitrogens with one attached hydrogen (secondary N) is 2. The minimum absolute atomic E-state index is 0.0791. The Morgan fingerprint density at radius 1 is 1.11 bits per heavy atom. The molecule has 0 aliphatic heterocycles. The number of carbonyl (C=O) groups excluding carboxylic acids is 1. The molecular formula is C26H29N7O3S. The highest BCUT2D eigenvalue weighted by Gasteiger charge is 2.27. The molecule has 3 aromatic rings. The number of hydrogen-bond donors (Lipinski definition) is 4. The number of rotatable bonds is 8. The van der Waals surface area contributed by atoms with Crippen molar-refractivity contribution in [2.24, 2.45) is 5.41 Å². The zero-order chi connectivity index (χ0) is 27.2. The number of nitriles is 1. The largest absolute Gasteiger partial charge is 0.465 e. The number of thioether (sulfide) groups is 1. The van der Waals surface area contributed by atoms with E-state index in [9.17, 15) is 20.0 Å². The maximum atomic E-state index is 11.3. The third-order valence-corrected chi connectivity index (χ3v) is 6.36. The maximum absolute atomic E-state index is 11.3. The number of carboxylic acid groups (broad SMARTS) is 1. The van der Waals surface area contributed by atoms with E-state index in [-0.39, 0.29) is 28.7 Å². The monoisotopic (exact) mass is 519 g/mol. The lowest BCUT2D eigenvalue weighted by Crippen LogP contribution is -2.44. The molecule has 0 spiro atoms. The molecular weight excluding hydrogens is 490 g/mol. The van der Waals surface area contributed by atoms with Gasteiger partial charge >= 0.3 is 6.09 Å². The van der Waals surface area contributed by atoms with Crippen molar-refractivity contribution in [2.45, 2.75) is 51.1 Å². The normalized spacial score (nSPS) is 11.9. The molecule has 1 atom stereocenters. The first-order valence-corrected chi connectivity index (χ1v) is 12.5. The standard InChI is InChI=1S/C26H29N7O3S/c1-15(34)29-17-10-8-16(9-11-17)22-20(13-27)23(28)33-24(32-22)37-14-19-7-5-6-18(30-19)12-21(26(2,3)4)31-25(35)36/h5-11,21,31H,12,14H2,1-4H3,(H,29,34)(H,35,36)(H2,28,32,33). The number of benzene rings is 1. The first-order valence-electron chi connectivity index (χ1n) is 11.5. The molecule has 192 valence electrons. The van der Waals surface area contributed by atoms with Crippen LogP contribution in [0.2, 0.25) is 0 Å². The summed E-state index contributed by atoms with van der Waals surface area (Å²) in [6, 6.07) is 14.4. The highest BCUT2D eigenvalue weighted by molar-refractivity contribution is 7.98. The van der Waals surface area contributed by atoms with Gasteiger partial charge in [0.25, 0.3) is 0 Å². The zero-order valence-electron chi connectivity index (χ0n) is 21.1. The molecule has 37 heavy (non-hydrogen) atoms. The Hall–Kier alpha value is -4.17. The second-order valence-electron chi connectivity index (χ2n) is 9.47. The van der Waals surface area contributed by atoms with Gasteiger partial charge in [0.2, 0.25) is 5.91 Å². The van der Waals surface area contributed by atoms with Crippen LogP contribution < -0.4 is 16.4 Å². The third kappa shape index (κ3) is 7.65. The molecule has 5 N–H and O–H groups in total. The molecule has 0 saturated heterocycles. The van der Waals surface area contributed by atoms with Gasteiger partial charge in [-0.2, -0.15) is 5.26 Å². The van der Waals surface area contributed by atoms with Crippen molar-refractivity contribution in [2.75, 3.05) is 11.1 Å². The second kappa shape index (κ2) is 11.7. The van der Waals surface area contributed by atoms with E-state index in [0.717, 1.165) is 11.4 Å². The second-order valence-corrected chi connectivity index (χ2v) is 10.4. The van der Waals surface area contributed by atoms with Gasteiger partial charge in [-0.05, 0) is 29.7 Å². The first kappa shape index (κ1) is 27.4. The Morgan fingerprint density at radius 3 is 2.38 bits per heavy atom. The minimum atomic E-state index is -1.07. The summed E-state index contributed by atoms with van der Waals surface area (Å²) >= 11 is 1.33. The lowest BCUT2D eigenvalue weighted by atomic mass is 9.84. The van der Waals surface area contributed by atoms with E-state index in [1.165, 1.54) is 18.7 Å². The Kier molecular flexibility index (Phi) is 8.68. The number of carbonyl (C=O) groups is 2. The molecule has 0 fully saturated rings. The van der Waals surface area contributed by atoms with Crippen molar-refractivity contribution >= 4 is 35.3 Å². The summed E-state index contributed by atoms with van der Waals surface area (Å²) in [5, 5.41) is 24.5. The van der Waals surface area contributed by atoms with Crippen molar-refractivity contribution in [1.29, 1.82) is 5.26 Å². The van der Waals surface area contributed by atoms with Crippen molar-refractivity contribution < 1.29 is 14.7 Å². The van der Waals surface area contributed by atoms with Crippen molar-refractivity contribution in [3.8, 4) is 17.3 Å². The number of nitrogens with zero attached hydrogens (tertiary/aromatic N) is 4. The molecule has 0 aliphatic rings. The van der Waals surface area contributed by atoms with Gasteiger partial charge in [0, 0.05) is 42.1 Å². The number of anilines is 2. The zero-order valence-corrected chi connectivity index (χ0v) is 21.9. The average Bonchev–Trinajstić information content (AvgIpc) is 2.81. The summed E-state index contributed by atoms with van der Waals surface area (Å²) in [7, 11) is 0. The summed E-state index contributed by atoms with van der Waals surface area (Å²) in [5.74, 6) is 0.350.